The molecule has 8 nitrogen and oxygen atoms in total. The number of likely N-dealkylation sites (tertiary alicyclic amines) is 1. The second-order valence-corrected chi connectivity index (χ2v) is 8.34. The molecule has 0 bridgehead atoms. The molecule has 0 unspecified atom stereocenters. The molecule has 2 heterocycles. The van der Waals surface area contributed by atoms with E-state index in [1.807, 2.05) is 17.9 Å². The smallest absolute Gasteiger partial charge is 0.333 e. The Hall–Kier alpha value is -2.81. The molecule has 0 radical (unpaired) electrons. The molecule has 3 rings (SSSR count). The summed E-state index contributed by atoms with van der Waals surface area (Å²) < 4.78 is 1.91. The van der Waals surface area contributed by atoms with E-state index in [9.17, 15) is 19.5 Å². The molecule has 30 heavy (non-hydrogen) atoms. The van der Waals surface area contributed by atoms with Crippen molar-refractivity contribution in [1.29, 1.82) is 0 Å². The molecule has 1 amide bonds. The van der Waals surface area contributed by atoms with Gasteiger partial charge >= 0.3 is 5.69 Å². The van der Waals surface area contributed by atoms with Crippen LogP contribution in [0.15, 0.2) is 44.9 Å². The lowest BCUT2D eigenvalue weighted by atomic mass is 10.0. The van der Waals surface area contributed by atoms with Crippen molar-refractivity contribution >= 4 is 28.4 Å². The zero-order chi connectivity index (χ0) is 21.8. The first-order valence-electron chi connectivity index (χ1n) is 9.86. The molecule has 0 aliphatic carbocycles. The van der Waals surface area contributed by atoms with Crippen molar-refractivity contribution in [1.82, 2.24) is 14.0 Å². The summed E-state index contributed by atoms with van der Waals surface area (Å²) in [6.07, 6.45) is 3.07. The Balaban J connectivity index is 1.99. The van der Waals surface area contributed by atoms with Gasteiger partial charge in [-0.2, -0.15) is 0 Å². The molecule has 0 spiro atoms. The van der Waals surface area contributed by atoms with Crippen molar-refractivity contribution in [3.05, 3.63) is 56.7 Å². The molecule has 2 aromatic rings. The fourth-order valence-corrected chi connectivity index (χ4v) is 4.40. The highest BCUT2D eigenvalue weighted by Crippen LogP contribution is 2.24. The zero-order valence-electron chi connectivity index (χ0n) is 17.4. The topological polar surface area (TPSA) is 96.9 Å². The van der Waals surface area contributed by atoms with E-state index < -0.39 is 17.1 Å². The number of aliphatic imine (C=N–C) groups is 1. The standard InChI is InChI=1S/C21H26N4O4S/c1-14-9-7-8-12-25(14)16(26)13-30-18(22-15-10-5-4-6-11-15)17-19(27)23(2)21(29)24(3)20(17)28/h4-6,10-11,14,27H,7-9,12-13H2,1-3H3/t14-/m1/s1. The van der Waals surface area contributed by atoms with Gasteiger partial charge in [-0.15, -0.1) is 0 Å². The van der Waals surface area contributed by atoms with Gasteiger partial charge in [0.05, 0.1) is 11.4 Å². The van der Waals surface area contributed by atoms with E-state index in [0.29, 0.717) is 5.69 Å². The van der Waals surface area contributed by atoms with Gasteiger partial charge in [-0.1, -0.05) is 30.0 Å². The highest BCUT2D eigenvalue weighted by Gasteiger charge is 2.26. The largest absolute Gasteiger partial charge is 0.494 e. The van der Waals surface area contributed by atoms with Crippen LogP contribution in [0, 0.1) is 0 Å². The van der Waals surface area contributed by atoms with E-state index in [0.717, 1.165) is 46.7 Å². The lowest BCUT2D eigenvalue weighted by molar-refractivity contribution is -0.131. The molecular formula is C21H26N4O4S. The van der Waals surface area contributed by atoms with Gasteiger partial charge in [0.1, 0.15) is 10.6 Å². The Morgan fingerprint density at radius 3 is 2.53 bits per heavy atom. The summed E-state index contributed by atoms with van der Waals surface area (Å²) in [5.74, 6) is -0.417. The van der Waals surface area contributed by atoms with Crippen LogP contribution < -0.4 is 11.2 Å². The lowest BCUT2D eigenvalue weighted by Gasteiger charge is -2.33. The third kappa shape index (κ3) is 4.51. The van der Waals surface area contributed by atoms with Crippen molar-refractivity contribution < 1.29 is 9.90 Å². The maximum absolute atomic E-state index is 12.8. The van der Waals surface area contributed by atoms with Crippen molar-refractivity contribution in [2.75, 3.05) is 12.3 Å². The number of nitrogens with zero attached hydrogens (tertiary/aromatic N) is 4. The number of benzene rings is 1. The second-order valence-electron chi connectivity index (χ2n) is 7.38. The number of amides is 1. The number of carbonyl (C=O) groups is 1. The fourth-order valence-electron chi connectivity index (χ4n) is 3.48. The number of hydrogen-bond donors (Lipinski definition) is 1. The Kier molecular flexibility index (Phi) is 6.81. The normalized spacial score (nSPS) is 17.2. The Morgan fingerprint density at radius 2 is 1.87 bits per heavy atom. The molecule has 1 atom stereocenters. The molecular weight excluding hydrogens is 404 g/mol. The van der Waals surface area contributed by atoms with Crippen molar-refractivity contribution in [3.63, 3.8) is 0 Å². The van der Waals surface area contributed by atoms with Crippen LogP contribution >= 0.6 is 11.8 Å². The Labute approximate surface area is 178 Å². The summed E-state index contributed by atoms with van der Waals surface area (Å²) >= 11 is 1.09. The van der Waals surface area contributed by atoms with Gasteiger partial charge < -0.3 is 10.0 Å². The molecule has 9 heteroatoms. The van der Waals surface area contributed by atoms with Crippen LogP contribution in [-0.2, 0) is 18.9 Å². The van der Waals surface area contributed by atoms with Gasteiger partial charge in [-0.25, -0.2) is 9.79 Å². The number of thioether (sulfide) groups is 1. The molecule has 0 saturated carbocycles. The van der Waals surface area contributed by atoms with Crippen LogP contribution in [0.4, 0.5) is 5.69 Å². The van der Waals surface area contributed by atoms with Crippen LogP contribution in [0.2, 0.25) is 0 Å². The number of hydrogen-bond acceptors (Lipinski definition) is 6. The second kappa shape index (κ2) is 9.34. The van der Waals surface area contributed by atoms with Crippen LogP contribution in [0.5, 0.6) is 5.88 Å². The Bertz CT molecular complexity index is 1070. The van der Waals surface area contributed by atoms with E-state index >= 15 is 0 Å². The summed E-state index contributed by atoms with van der Waals surface area (Å²) in [5, 5.41) is 10.7. The summed E-state index contributed by atoms with van der Waals surface area (Å²) in [7, 11) is 2.73. The molecule has 1 saturated heterocycles. The van der Waals surface area contributed by atoms with Crippen molar-refractivity contribution in [3.8, 4) is 5.88 Å². The third-order valence-electron chi connectivity index (χ3n) is 5.29. The number of aromatic nitrogens is 2. The number of aromatic hydroxyl groups is 1. The molecule has 1 aromatic heterocycles. The lowest BCUT2D eigenvalue weighted by Crippen LogP contribution is -2.43. The number of carbonyl (C=O) groups excluding carboxylic acids is 1. The van der Waals surface area contributed by atoms with Gasteiger partial charge in [-0.3, -0.25) is 18.7 Å². The molecule has 160 valence electrons. The first kappa shape index (κ1) is 21.9. The molecule has 1 N–H and O–H groups in total. The summed E-state index contributed by atoms with van der Waals surface area (Å²) in [5.41, 5.74) is -0.804. The maximum Gasteiger partial charge on any atom is 0.333 e. The molecule has 1 aromatic carbocycles. The third-order valence-corrected chi connectivity index (χ3v) is 6.25. The van der Waals surface area contributed by atoms with Gasteiger partial charge in [0.25, 0.3) is 5.56 Å². The van der Waals surface area contributed by atoms with E-state index in [2.05, 4.69) is 4.99 Å². The predicted octanol–water partition coefficient (Wildman–Crippen LogP) is 2.00. The quantitative estimate of drug-likeness (QED) is 0.591. The van der Waals surface area contributed by atoms with E-state index in [4.69, 9.17) is 0 Å². The van der Waals surface area contributed by atoms with E-state index in [1.54, 1.807) is 24.3 Å². The highest BCUT2D eigenvalue weighted by atomic mass is 32.2. The van der Waals surface area contributed by atoms with Gasteiger partial charge in [-0.05, 0) is 38.3 Å². The monoisotopic (exact) mass is 430 g/mol. The minimum Gasteiger partial charge on any atom is -0.494 e. The average Bonchev–Trinajstić information content (AvgIpc) is 2.75. The fraction of sp³-hybridized carbons (Fsp3) is 0.429. The van der Waals surface area contributed by atoms with Crippen LogP contribution in [-0.4, -0.2) is 48.4 Å². The zero-order valence-corrected chi connectivity index (χ0v) is 18.2. The van der Waals surface area contributed by atoms with E-state index in [1.165, 1.54) is 14.1 Å². The van der Waals surface area contributed by atoms with Crippen molar-refractivity contribution in [2.45, 2.75) is 32.2 Å². The summed E-state index contributed by atoms with van der Waals surface area (Å²) in [6, 6.07) is 9.16. The molecule has 1 fully saturated rings. The number of rotatable bonds is 4. The van der Waals surface area contributed by atoms with Gasteiger partial charge in [0, 0.05) is 26.7 Å². The number of para-hydroxylation sites is 1. The minimum atomic E-state index is -0.656. The van der Waals surface area contributed by atoms with Crippen molar-refractivity contribution in [2.24, 2.45) is 19.1 Å². The highest BCUT2D eigenvalue weighted by molar-refractivity contribution is 8.15. The maximum atomic E-state index is 12.8. The van der Waals surface area contributed by atoms with Gasteiger partial charge in [0.2, 0.25) is 11.8 Å². The first-order valence-corrected chi connectivity index (χ1v) is 10.8. The predicted molar refractivity (Wildman–Crippen MR) is 119 cm³/mol. The Morgan fingerprint density at radius 1 is 1.17 bits per heavy atom. The molecule has 1 aliphatic heterocycles. The van der Waals surface area contributed by atoms with Gasteiger partial charge in [0.15, 0.2) is 0 Å². The van der Waals surface area contributed by atoms with Crippen LogP contribution in [0.25, 0.3) is 0 Å². The average molecular weight is 431 g/mol. The first-order chi connectivity index (χ1) is 14.3. The van der Waals surface area contributed by atoms with Crippen LogP contribution in [0.3, 0.4) is 0 Å². The van der Waals surface area contributed by atoms with E-state index in [-0.39, 0.29) is 28.3 Å². The summed E-state index contributed by atoms with van der Waals surface area (Å²) in [6.45, 7) is 2.76. The minimum absolute atomic E-state index is 0.0332. The summed E-state index contributed by atoms with van der Waals surface area (Å²) in [4.78, 5) is 44.1. The van der Waals surface area contributed by atoms with Crippen LogP contribution in [0.1, 0.15) is 31.7 Å². The molecule has 1 aliphatic rings. The SMILES string of the molecule is C[C@@H]1CCCCN1C(=O)CSC(=Nc1ccccc1)c1c(O)n(C)c(=O)n(C)c1=O. The number of piperidine rings is 1.